The molecule has 0 unspecified atom stereocenters. The van der Waals surface area contributed by atoms with Crippen LogP contribution in [-0.4, -0.2) is 18.7 Å². The van der Waals surface area contributed by atoms with Gasteiger partial charge < -0.3 is 13.9 Å². The molecule has 0 aliphatic carbocycles. The van der Waals surface area contributed by atoms with E-state index >= 15 is 0 Å². The molecule has 0 aliphatic heterocycles. The zero-order valence-electron chi connectivity index (χ0n) is 15.2. The average Bonchev–Trinajstić information content (AvgIpc) is 2.63. The monoisotopic (exact) mass is 430 g/mol. The molecule has 0 radical (unpaired) electrons. The summed E-state index contributed by atoms with van der Waals surface area (Å²) in [5, 5.41) is 0.453. The van der Waals surface area contributed by atoms with Crippen LogP contribution in [0.1, 0.15) is 19.6 Å². The summed E-state index contributed by atoms with van der Waals surface area (Å²) in [6.45, 7) is 5.39. The molecule has 1 atom stereocenters. The van der Waals surface area contributed by atoms with Crippen molar-refractivity contribution in [2.75, 3.05) is 6.61 Å². The molecular weight excluding hydrogens is 412 g/mol. The van der Waals surface area contributed by atoms with Crippen LogP contribution in [0.3, 0.4) is 0 Å². The van der Waals surface area contributed by atoms with E-state index in [1.165, 1.54) is 0 Å². The van der Waals surface area contributed by atoms with E-state index < -0.39 is 12.1 Å². The summed E-state index contributed by atoms with van der Waals surface area (Å²) in [6.07, 6.45) is -0.753. The quantitative estimate of drug-likeness (QED) is 0.540. The van der Waals surface area contributed by atoms with Crippen molar-refractivity contribution < 1.29 is 18.7 Å². The zero-order valence-corrected chi connectivity index (χ0v) is 16.8. The van der Waals surface area contributed by atoms with Crippen LogP contribution in [0, 0.1) is 6.92 Å². The summed E-state index contributed by atoms with van der Waals surface area (Å²) < 4.78 is 17.4. The van der Waals surface area contributed by atoms with Crippen molar-refractivity contribution in [2.24, 2.45) is 0 Å². The second-order valence-electron chi connectivity index (χ2n) is 6.04. The van der Waals surface area contributed by atoms with Crippen LogP contribution in [0.5, 0.6) is 5.75 Å². The number of esters is 1. The highest BCUT2D eigenvalue weighted by Crippen LogP contribution is 2.27. The van der Waals surface area contributed by atoms with Gasteiger partial charge in [-0.3, -0.25) is 4.79 Å². The fourth-order valence-corrected chi connectivity index (χ4v) is 3.09. The maximum absolute atomic E-state index is 13.0. The number of aryl methyl sites for hydroxylation is 1. The third-order valence-electron chi connectivity index (χ3n) is 4.10. The van der Waals surface area contributed by atoms with E-state index in [0.717, 1.165) is 10.0 Å². The standard InChI is InChI=1S/C21H19BrO5/c1-4-25-21(24)13(3)26-16-9-10-17-18(11-16)27-12(2)19(20(17)23)14-5-7-15(22)8-6-14/h5-11,13H,4H2,1-3H3/t13-/m1/s1. The first-order valence-electron chi connectivity index (χ1n) is 8.57. The Bertz CT molecular complexity index is 1040. The highest BCUT2D eigenvalue weighted by molar-refractivity contribution is 9.10. The number of benzene rings is 2. The molecule has 0 fully saturated rings. The summed E-state index contributed by atoms with van der Waals surface area (Å²) >= 11 is 3.39. The van der Waals surface area contributed by atoms with Gasteiger partial charge >= 0.3 is 5.97 Å². The van der Waals surface area contributed by atoms with E-state index in [4.69, 9.17) is 13.9 Å². The highest BCUT2D eigenvalue weighted by atomic mass is 79.9. The Kier molecular flexibility index (Phi) is 5.65. The van der Waals surface area contributed by atoms with E-state index in [9.17, 15) is 9.59 Å². The zero-order chi connectivity index (χ0) is 19.6. The molecule has 3 rings (SSSR count). The largest absolute Gasteiger partial charge is 0.479 e. The molecule has 0 bridgehead atoms. The Morgan fingerprint density at radius 2 is 1.89 bits per heavy atom. The molecule has 0 amide bonds. The molecular formula is C21H19BrO5. The lowest BCUT2D eigenvalue weighted by atomic mass is 10.0. The van der Waals surface area contributed by atoms with Gasteiger partial charge in [0.1, 0.15) is 17.1 Å². The van der Waals surface area contributed by atoms with Crippen molar-refractivity contribution in [1.82, 2.24) is 0 Å². The van der Waals surface area contributed by atoms with Gasteiger partial charge in [-0.25, -0.2) is 4.79 Å². The van der Waals surface area contributed by atoms with E-state index in [1.54, 1.807) is 39.0 Å². The summed E-state index contributed by atoms with van der Waals surface area (Å²) in [7, 11) is 0. The molecule has 0 saturated heterocycles. The fraction of sp³-hybridized carbons (Fsp3) is 0.238. The Balaban J connectivity index is 2.00. The summed E-state index contributed by atoms with van der Waals surface area (Å²) in [5.41, 5.74) is 1.62. The molecule has 2 aromatic carbocycles. The predicted octanol–water partition coefficient (Wildman–Crippen LogP) is 4.86. The van der Waals surface area contributed by atoms with Crippen molar-refractivity contribution in [1.29, 1.82) is 0 Å². The number of rotatable bonds is 5. The molecule has 0 spiro atoms. The first-order chi connectivity index (χ1) is 12.9. The predicted molar refractivity (Wildman–Crippen MR) is 107 cm³/mol. The smallest absolute Gasteiger partial charge is 0.347 e. The van der Waals surface area contributed by atoms with E-state index in [2.05, 4.69) is 15.9 Å². The van der Waals surface area contributed by atoms with Crippen molar-refractivity contribution in [2.45, 2.75) is 26.9 Å². The van der Waals surface area contributed by atoms with Gasteiger partial charge in [-0.2, -0.15) is 0 Å². The molecule has 6 heteroatoms. The molecule has 140 valence electrons. The number of halogens is 1. The Morgan fingerprint density at radius 1 is 1.19 bits per heavy atom. The maximum atomic E-state index is 13.0. The highest BCUT2D eigenvalue weighted by Gasteiger charge is 2.18. The second kappa shape index (κ2) is 7.96. The normalized spacial score (nSPS) is 12.0. The van der Waals surface area contributed by atoms with Crippen LogP contribution in [0.15, 0.2) is 56.1 Å². The Hall–Kier alpha value is -2.60. The summed E-state index contributed by atoms with van der Waals surface area (Å²) in [5.74, 6) is 0.508. The lowest BCUT2D eigenvalue weighted by Crippen LogP contribution is -2.26. The van der Waals surface area contributed by atoms with Gasteiger partial charge in [0.05, 0.1) is 17.6 Å². The van der Waals surface area contributed by atoms with Gasteiger partial charge in [-0.1, -0.05) is 28.1 Å². The number of fused-ring (bicyclic) bond motifs is 1. The van der Waals surface area contributed by atoms with Crippen LogP contribution in [0.4, 0.5) is 0 Å². The molecule has 5 nitrogen and oxygen atoms in total. The molecule has 1 heterocycles. The van der Waals surface area contributed by atoms with Crippen molar-refractivity contribution in [3.05, 3.63) is 62.9 Å². The SMILES string of the molecule is CCOC(=O)[C@@H](C)Oc1ccc2c(=O)c(-c3ccc(Br)cc3)c(C)oc2c1. The first kappa shape index (κ1) is 19.2. The average molecular weight is 431 g/mol. The van der Waals surface area contributed by atoms with Crippen LogP contribution in [0.25, 0.3) is 22.1 Å². The summed E-state index contributed by atoms with van der Waals surface area (Å²) in [4.78, 5) is 24.7. The van der Waals surface area contributed by atoms with E-state index in [0.29, 0.717) is 28.0 Å². The molecule has 27 heavy (non-hydrogen) atoms. The first-order valence-corrected chi connectivity index (χ1v) is 9.36. The molecule has 3 aromatic rings. The van der Waals surface area contributed by atoms with Gasteiger partial charge in [0.25, 0.3) is 0 Å². The van der Waals surface area contributed by atoms with E-state index in [-0.39, 0.29) is 12.0 Å². The second-order valence-corrected chi connectivity index (χ2v) is 6.96. The van der Waals surface area contributed by atoms with Gasteiger partial charge in [0.15, 0.2) is 6.10 Å². The van der Waals surface area contributed by atoms with Crippen LogP contribution in [-0.2, 0) is 9.53 Å². The minimum Gasteiger partial charge on any atom is -0.479 e. The number of carbonyl (C=O) groups is 1. The van der Waals surface area contributed by atoms with Crippen LogP contribution < -0.4 is 10.2 Å². The van der Waals surface area contributed by atoms with Crippen molar-refractivity contribution in [3.63, 3.8) is 0 Å². The van der Waals surface area contributed by atoms with Gasteiger partial charge in [-0.15, -0.1) is 0 Å². The number of hydrogen-bond acceptors (Lipinski definition) is 5. The third kappa shape index (κ3) is 4.06. The van der Waals surface area contributed by atoms with Crippen LogP contribution >= 0.6 is 15.9 Å². The van der Waals surface area contributed by atoms with Gasteiger partial charge in [0.2, 0.25) is 5.43 Å². The van der Waals surface area contributed by atoms with Crippen LogP contribution in [0.2, 0.25) is 0 Å². The number of ether oxygens (including phenoxy) is 2. The van der Waals surface area contributed by atoms with Gasteiger partial charge in [0, 0.05) is 10.5 Å². The van der Waals surface area contributed by atoms with Crippen molar-refractivity contribution >= 4 is 32.9 Å². The molecule has 0 N–H and O–H groups in total. The lowest BCUT2D eigenvalue weighted by molar-refractivity contribution is -0.150. The maximum Gasteiger partial charge on any atom is 0.347 e. The Labute approximate surface area is 165 Å². The fourth-order valence-electron chi connectivity index (χ4n) is 2.82. The van der Waals surface area contributed by atoms with Crippen molar-refractivity contribution in [3.8, 4) is 16.9 Å². The number of hydrogen-bond donors (Lipinski definition) is 0. The molecule has 1 aromatic heterocycles. The Morgan fingerprint density at radius 3 is 2.56 bits per heavy atom. The summed E-state index contributed by atoms with van der Waals surface area (Å²) in [6, 6.07) is 12.4. The lowest BCUT2D eigenvalue weighted by Gasteiger charge is -2.14. The molecule has 0 aliphatic rings. The van der Waals surface area contributed by atoms with Gasteiger partial charge in [-0.05, 0) is 50.6 Å². The third-order valence-corrected chi connectivity index (χ3v) is 4.63. The molecule has 0 saturated carbocycles. The minimum absolute atomic E-state index is 0.110. The topological polar surface area (TPSA) is 65.7 Å². The minimum atomic E-state index is -0.753. The number of carbonyl (C=O) groups excluding carboxylic acids is 1. The van der Waals surface area contributed by atoms with E-state index in [1.807, 2.05) is 24.3 Å².